The third-order valence-electron chi connectivity index (χ3n) is 9.70. The summed E-state index contributed by atoms with van der Waals surface area (Å²) in [7, 11) is 0. The molecule has 234 valence electrons. The summed E-state index contributed by atoms with van der Waals surface area (Å²) in [5.41, 5.74) is 11.3. The fraction of sp³-hybridized carbons (Fsp3) is 0. The third kappa shape index (κ3) is 4.52. The molecule has 0 spiro atoms. The first-order valence-corrected chi connectivity index (χ1v) is 16.8. The smallest absolute Gasteiger partial charge is 0.238 e. The van der Waals surface area contributed by atoms with Crippen LogP contribution >= 0.6 is 0 Å². The van der Waals surface area contributed by atoms with E-state index in [0.717, 1.165) is 44.2 Å². The molecule has 0 aliphatic carbocycles. The first kappa shape index (κ1) is 28.2. The Morgan fingerprint density at radius 2 is 0.820 bits per heavy atom. The molecule has 0 fully saturated rings. The second-order valence-electron chi connectivity index (χ2n) is 12.6. The molecule has 10 aromatic rings. The van der Waals surface area contributed by atoms with Gasteiger partial charge in [0.25, 0.3) is 0 Å². The molecule has 5 nitrogen and oxygen atoms in total. The van der Waals surface area contributed by atoms with Gasteiger partial charge in [0.15, 0.2) is 5.82 Å². The molecular formula is C45H29N5. The largest absolute Gasteiger partial charge is 0.309 e. The lowest BCUT2D eigenvalue weighted by molar-refractivity contribution is 0.947. The van der Waals surface area contributed by atoms with Gasteiger partial charge in [-0.15, -0.1) is 0 Å². The molecule has 0 saturated heterocycles. The summed E-state index contributed by atoms with van der Waals surface area (Å²) in [5, 5.41) is 4.78. The van der Waals surface area contributed by atoms with Crippen LogP contribution < -0.4 is 0 Å². The Morgan fingerprint density at radius 3 is 1.48 bits per heavy atom. The molecule has 0 bridgehead atoms. The molecule has 5 heteroatoms. The number of hydrogen-bond acceptors (Lipinski definition) is 3. The average molecular weight is 640 g/mol. The first-order valence-electron chi connectivity index (χ1n) is 16.8. The summed E-state index contributed by atoms with van der Waals surface area (Å²) in [6.45, 7) is 0. The van der Waals surface area contributed by atoms with Gasteiger partial charge in [0.05, 0.1) is 22.1 Å². The summed E-state index contributed by atoms with van der Waals surface area (Å²) in [5.74, 6) is 1.23. The van der Waals surface area contributed by atoms with E-state index in [2.05, 4.69) is 183 Å². The monoisotopic (exact) mass is 639 g/mol. The molecule has 0 atom stereocenters. The van der Waals surface area contributed by atoms with E-state index in [1.165, 1.54) is 32.9 Å². The van der Waals surface area contributed by atoms with Crippen molar-refractivity contribution in [2.45, 2.75) is 0 Å². The lowest BCUT2D eigenvalue weighted by Crippen LogP contribution is -2.03. The van der Waals surface area contributed by atoms with Gasteiger partial charge in [-0.1, -0.05) is 121 Å². The van der Waals surface area contributed by atoms with Crippen molar-refractivity contribution in [2.24, 2.45) is 0 Å². The fourth-order valence-electron chi connectivity index (χ4n) is 7.35. The average Bonchev–Trinajstić information content (AvgIpc) is 3.71. The predicted octanol–water partition coefficient (Wildman–Crippen LogP) is 11.1. The van der Waals surface area contributed by atoms with Gasteiger partial charge in [-0.2, -0.15) is 4.98 Å². The molecule has 3 aromatic heterocycles. The van der Waals surface area contributed by atoms with Crippen LogP contribution in [-0.4, -0.2) is 24.1 Å². The van der Waals surface area contributed by atoms with Crippen molar-refractivity contribution in [3.63, 3.8) is 0 Å². The van der Waals surface area contributed by atoms with Gasteiger partial charge in [0, 0.05) is 32.8 Å². The Hall–Kier alpha value is -6.85. The lowest BCUT2D eigenvalue weighted by atomic mass is 10.0. The first-order chi connectivity index (χ1) is 24.8. The number of para-hydroxylation sites is 3. The van der Waals surface area contributed by atoms with Gasteiger partial charge in [-0.05, 0) is 70.8 Å². The van der Waals surface area contributed by atoms with Crippen molar-refractivity contribution >= 4 is 43.6 Å². The number of fused-ring (bicyclic) bond motifs is 6. The highest BCUT2D eigenvalue weighted by Gasteiger charge is 2.17. The zero-order valence-corrected chi connectivity index (χ0v) is 27.0. The SMILES string of the molecule is c1ccc(-c2ccc(-c3ncnc(-n4c5ccccc5c5cc(-c6ccc7c(c6)c6ccccc6n7-c6ccccc6)ccc54)n3)cc2)cc1. The zero-order valence-electron chi connectivity index (χ0n) is 27.0. The summed E-state index contributed by atoms with van der Waals surface area (Å²) in [6, 6.07) is 60.0. The molecule has 0 aliphatic rings. The Kier molecular flexibility index (Phi) is 6.42. The van der Waals surface area contributed by atoms with Crippen LogP contribution in [0.25, 0.3) is 88.9 Å². The molecule has 0 N–H and O–H groups in total. The van der Waals surface area contributed by atoms with Crippen molar-refractivity contribution in [1.82, 2.24) is 24.1 Å². The Morgan fingerprint density at radius 1 is 0.340 bits per heavy atom. The highest BCUT2D eigenvalue weighted by atomic mass is 15.2. The van der Waals surface area contributed by atoms with E-state index in [-0.39, 0.29) is 0 Å². The van der Waals surface area contributed by atoms with Gasteiger partial charge in [-0.3, -0.25) is 4.57 Å². The summed E-state index contributed by atoms with van der Waals surface area (Å²) >= 11 is 0. The Balaban J connectivity index is 1.08. The lowest BCUT2D eigenvalue weighted by Gasteiger charge is -2.09. The number of rotatable bonds is 5. The molecule has 10 rings (SSSR count). The van der Waals surface area contributed by atoms with Gasteiger partial charge in [-0.25, -0.2) is 9.97 Å². The minimum Gasteiger partial charge on any atom is -0.309 e. The van der Waals surface area contributed by atoms with Gasteiger partial charge < -0.3 is 4.57 Å². The van der Waals surface area contributed by atoms with Gasteiger partial charge in [0.2, 0.25) is 5.95 Å². The van der Waals surface area contributed by atoms with Crippen LogP contribution in [0, 0.1) is 0 Å². The predicted molar refractivity (Wildman–Crippen MR) is 205 cm³/mol. The number of benzene rings is 7. The standard InChI is InChI=1S/C45H29N5/c1-3-11-30(12-4-1)31-19-21-32(22-20-31)44-46-29-47-45(48-44)50-41-18-10-8-16-37(41)39-28-34(24-26-43(39)50)33-23-25-42-38(27-33)36-15-7-9-17-40(36)49(42)35-13-5-2-6-14-35/h1-29H. The minimum absolute atomic E-state index is 0.594. The number of aromatic nitrogens is 5. The molecule has 50 heavy (non-hydrogen) atoms. The highest BCUT2D eigenvalue weighted by Crippen LogP contribution is 2.38. The van der Waals surface area contributed by atoms with Crippen LogP contribution in [0.3, 0.4) is 0 Å². The maximum atomic E-state index is 5.00. The second-order valence-corrected chi connectivity index (χ2v) is 12.6. The summed E-state index contributed by atoms with van der Waals surface area (Å²) < 4.78 is 4.50. The number of hydrogen-bond donors (Lipinski definition) is 0. The van der Waals surface area contributed by atoms with Crippen molar-refractivity contribution in [3.05, 3.63) is 176 Å². The van der Waals surface area contributed by atoms with Crippen LogP contribution in [-0.2, 0) is 0 Å². The van der Waals surface area contributed by atoms with Gasteiger partial charge >= 0.3 is 0 Å². The Labute approximate surface area is 288 Å². The van der Waals surface area contributed by atoms with Crippen LogP contribution in [0.2, 0.25) is 0 Å². The maximum Gasteiger partial charge on any atom is 0.238 e. The van der Waals surface area contributed by atoms with Crippen molar-refractivity contribution < 1.29 is 0 Å². The topological polar surface area (TPSA) is 48.5 Å². The van der Waals surface area contributed by atoms with E-state index < -0.39 is 0 Å². The second kappa shape index (κ2) is 11.4. The molecule has 0 aliphatic heterocycles. The summed E-state index contributed by atoms with van der Waals surface area (Å²) in [6.07, 6.45) is 1.61. The van der Waals surface area contributed by atoms with Crippen molar-refractivity contribution in [3.8, 4) is 45.3 Å². The molecule has 0 saturated carbocycles. The van der Waals surface area contributed by atoms with Crippen LogP contribution in [0.15, 0.2) is 176 Å². The van der Waals surface area contributed by atoms with E-state index in [1.54, 1.807) is 6.33 Å². The molecule has 0 unspecified atom stereocenters. The van der Waals surface area contributed by atoms with Gasteiger partial charge in [0.1, 0.15) is 6.33 Å². The number of nitrogens with zero attached hydrogens (tertiary/aromatic N) is 5. The fourth-order valence-corrected chi connectivity index (χ4v) is 7.35. The van der Waals surface area contributed by atoms with Crippen LogP contribution in [0.4, 0.5) is 0 Å². The zero-order chi connectivity index (χ0) is 33.0. The molecule has 7 aromatic carbocycles. The highest BCUT2D eigenvalue weighted by molar-refractivity contribution is 6.12. The minimum atomic E-state index is 0.594. The van der Waals surface area contributed by atoms with E-state index in [4.69, 9.17) is 4.98 Å². The van der Waals surface area contributed by atoms with Crippen molar-refractivity contribution in [1.29, 1.82) is 0 Å². The van der Waals surface area contributed by atoms with E-state index in [1.807, 2.05) is 6.07 Å². The quantitative estimate of drug-likeness (QED) is 0.188. The maximum absolute atomic E-state index is 5.00. The Bertz CT molecular complexity index is 2850. The molecule has 0 amide bonds. The van der Waals surface area contributed by atoms with E-state index in [9.17, 15) is 0 Å². The molecular weight excluding hydrogens is 611 g/mol. The summed E-state index contributed by atoms with van der Waals surface area (Å²) in [4.78, 5) is 14.2. The van der Waals surface area contributed by atoms with Crippen LogP contribution in [0.1, 0.15) is 0 Å². The third-order valence-corrected chi connectivity index (χ3v) is 9.70. The van der Waals surface area contributed by atoms with E-state index in [0.29, 0.717) is 11.8 Å². The normalized spacial score (nSPS) is 11.6. The molecule has 0 radical (unpaired) electrons. The van der Waals surface area contributed by atoms with Crippen molar-refractivity contribution in [2.75, 3.05) is 0 Å². The molecule has 3 heterocycles. The van der Waals surface area contributed by atoms with E-state index >= 15 is 0 Å². The van der Waals surface area contributed by atoms with Crippen LogP contribution in [0.5, 0.6) is 0 Å².